The number of nitrogens with one attached hydrogen (secondary N) is 1. The Labute approximate surface area is 277 Å². The Hall–Kier alpha value is -5.90. The number of aryl methyl sites for hydroxylation is 1. The number of aromatic amines is 1. The minimum Gasteiger partial charge on any atom is -0.318 e. The number of rotatable bonds is 9. The fourth-order valence-corrected chi connectivity index (χ4v) is 6.14. The molecule has 10 heteroatoms. The number of H-pyrrole nitrogens is 1. The molecule has 7 rings (SSSR count). The average Bonchev–Trinajstić information content (AvgIpc) is 3.74. The molecule has 3 heterocycles. The van der Waals surface area contributed by atoms with Gasteiger partial charge in [-0.1, -0.05) is 118 Å². The second-order valence-corrected chi connectivity index (χ2v) is 13.2. The van der Waals surface area contributed by atoms with E-state index in [2.05, 4.69) is 65.7 Å². The van der Waals surface area contributed by atoms with Gasteiger partial charge >= 0.3 is 5.69 Å². The van der Waals surface area contributed by atoms with Gasteiger partial charge in [-0.2, -0.15) is 0 Å². The summed E-state index contributed by atoms with van der Waals surface area (Å²) in [6.45, 7) is 7.11. The van der Waals surface area contributed by atoms with E-state index >= 15 is 0 Å². The number of imidazole rings is 1. The monoisotopic (exact) mass is 636 g/mol. The maximum atomic E-state index is 14.4. The lowest BCUT2D eigenvalue weighted by atomic mass is 9.92. The number of fused-ring (bicyclic) bond motifs is 1. The smallest absolute Gasteiger partial charge is 0.318 e. The average molecular weight is 637 g/mol. The Kier molecular flexibility index (Phi) is 8.14. The van der Waals surface area contributed by atoms with E-state index in [1.165, 1.54) is 4.57 Å². The zero-order valence-corrected chi connectivity index (χ0v) is 27.2. The molecule has 0 radical (unpaired) electrons. The molecule has 0 aliphatic carbocycles. The molecular formula is C38H36N8O2. The van der Waals surface area contributed by atoms with Crippen LogP contribution in [0.5, 0.6) is 0 Å². The molecule has 240 valence electrons. The molecule has 0 saturated carbocycles. The largest absolute Gasteiger partial charge is 0.337 e. The van der Waals surface area contributed by atoms with E-state index in [4.69, 9.17) is 4.98 Å². The Morgan fingerprint density at radius 2 is 1.40 bits per heavy atom. The van der Waals surface area contributed by atoms with Crippen LogP contribution in [0.15, 0.2) is 119 Å². The van der Waals surface area contributed by atoms with E-state index in [1.54, 1.807) is 4.57 Å². The summed E-state index contributed by atoms with van der Waals surface area (Å²) in [5, 5.41) is 14.4. The number of aromatic nitrogens is 8. The maximum absolute atomic E-state index is 14.4. The predicted molar refractivity (Wildman–Crippen MR) is 187 cm³/mol. The lowest BCUT2D eigenvalue weighted by Crippen LogP contribution is -2.40. The van der Waals surface area contributed by atoms with E-state index in [-0.39, 0.29) is 17.5 Å². The van der Waals surface area contributed by atoms with Crippen molar-refractivity contribution in [3.8, 4) is 28.2 Å². The number of tetrazole rings is 1. The molecule has 0 spiro atoms. The van der Waals surface area contributed by atoms with Crippen molar-refractivity contribution < 1.29 is 0 Å². The van der Waals surface area contributed by atoms with Crippen molar-refractivity contribution in [3.05, 3.63) is 147 Å². The lowest BCUT2D eigenvalue weighted by Gasteiger charge is -2.19. The van der Waals surface area contributed by atoms with Crippen molar-refractivity contribution in [1.82, 2.24) is 39.3 Å². The quantitative estimate of drug-likeness (QED) is 0.206. The van der Waals surface area contributed by atoms with Crippen molar-refractivity contribution in [3.63, 3.8) is 0 Å². The number of hydrogen-bond acceptors (Lipinski definition) is 6. The molecule has 48 heavy (non-hydrogen) atoms. The summed E-state index contributed by atoms with van der Waals surface area (Å²) in [6, 6.07) is 35.6. The Balaban J connectivity index is 1.36. The topological polar surface area (TPSA) is 116 Å². The van der Waals surface area contributed by atoms with Crippen LogP contribution in [0.1, 0.15) is 37.7 Å². The summed E-state index contributed by atoms with van der Waals surface area (Å²) in [5.74, 6) is 1.35. The summed E-state index contributed by atoms with van der Waals surface area (Å²) in [4.78, 5) is 33.6. The van der Waals surface area contributed by atoms with Crippen molar-refractivity contribution in [2.75, 3.05) is 0 Å². The lowest BCUT2D eigenvalue weighted by molar-refractivity contribution is 0.394. The zero-order valence-electron chi connectivity index (χ0n) is 27.2. The minimum atomic E-state index is -0.397. The highest BCUT2D eigenvalue weighted by Crippen LogP contribution is 2.30. The second-order valence-electron chi connectivity index (χ2n) is 13.2. The van der Waals surface area contributed by atoms with E-state index < -0.39 is 5.69 Å². The molecule has 0 aliphatic rings. The van der Waals surface area contributed by atoms with Crippen molar-refractivity contribution in [1.29, 1.82) is 0 Å². The van der Waals surface area contributed by atoms with Crippen LogP contribution in [0.4, 0.5) is 0 Å². The van der Waals surface area contributed by atoms with E-state index in [0.717, 1.165) is 33.6 Å². The van der Waals surface area contributed by atoms with Crippen LogP contribution in [0.2, 0.25) is 0 Å². The van der Waals surface area contributed by atoms with Crippen LogP contribution >= 0.6 is 0 Å². The van der Waals surface area contributed by atoms with Crippen LogP contribution in [-0.2, 0) is 25.9 Å². The van der Waals surface area contributed by atoms with Crippen molar-refractivity contribution in [2.24, 2.45) is 5.41 Å². The summed E-state index contributed by atoms with van der Waals surface area (Å²) >= 11 is 0. The van der Waals surface area contributed by atoms with Gasteiger partial charge in [0.1, 0.15) is 5.82 Å². The molecule has 3 aromatic heterocycles. The van der Waals surface area contributed by atoms with Gasteiger partial charge < -0.3 is 4.57 Å². The third-order valence-electron chi connectivity index (χ3n) is 8.41. The van der Waals surface area contributed by atoms with E-state index in [9.17, 15) is 9.59 Å². The summed E-state index contributed by atoms with van der Waals surface area (Å²) < 4.78 is 4.95. The Morgan fingerprint density at radius 1 is 0.729 bits per heavy atom. The SMILES string of the molecule is CC(C)(C)Cc1nc2c(c(=O)n(CCc3ccccc3)c(=O)n2-c2ccccc2)n1Cc1ccc(-c2ccccc2-c2nnn[nH]2)cc1. The molecule has 7 aromatic rings. The number of benzene rings is 4. The molecule has 10 nitrogen and oxygen atoms in total. The van der Waals surface area contributed by atoms with Crippen molar-refractivity contribution in [2.45, 2.75) is 46.7 Å². The van der Waals surface area contributed by atoms with Gasteiger partial charge in [-0.05, 0) is 56.6 Å². The van der Waals surface area contributed by atoms with Crippen LogP contribution < -0.4 is 11.2 Å². The summed E-state index contributed by atoms with van der Waals surface area (Å²) in [7, 11) is 0. The molecule has 0 aliphatic heterocycles. The van der Waals surface area contributed by atoms with Crippen LogP contribution in [0, 0.1) is 5.41 Å². The first-order valence-corrected chi connectivity index (χ1v) is 16.0. The van der Waals surface area contributed by atoms with E-state index in [0.29, 0.717) is 42.1 Å². The molecule has 0 amide bonds. The van der Waals surface area contributed by atoms with Gasteiger partial charge in [-0.3, -0.25) is 9.36 Å². The third-order valence-corrected chi connectivity index (χ3v) is 8.41. The first-order valence-electron chi connectivity index (χ1n) is 16.0. The molecule has 4 aromatic carbocycles. The number of nitrogens with zero attached hydrogens (tertiary/aromatic N) is 7. The van der Waals surface area contributed by atoms with Gasteiger partial charge in [0.15, 0.2) is 17.0 Å². The number of para-hydroxylation sites is 1. The van der Waals surface area contributed by atoms with Crippen LogP contribution in [0.25, 0.3) is 39.4 Å². The van der Waals surface area contributed by atoms with Gasteiger partial charge in [0.2, 0.25) is 0 Å². The second kappa shape index (κ2) is 12.7. The van der Waals surface area contributed by atoms with Crippen LogP contribution in [0.3, 0.4) is 0 Å². The van der Waals surface area contributed by atoms with E-state index in [1.807, 2.05) is 89.5 Å². The molecule has 0 fully saturated rings. The number of hydrogen-bond donors (Lipinski definition) is 1. The van der Waals surface area contributed by atoms with Gasteiger partial charge in [0.05, 0.1) is 5.69 Å². The predicted octanol–water partition coefficient (Wildman–Crippen LogP) is 6.08. The summed E-state index contributed by atoms with van der Waals surface area (Å²) in [6.07, 6.45) is 1.16. The third kappa shape index (κ3) is 6.12. The molecule has 0 unspecified atom stereocenters. The maximum Gasteiger partial charge on any atom is 0.337 e. The van der Waals surface area contributed by atoms with Crippen LogP contribution in [-0.4, -0.2) is 39.3 Å². The van der Waals surface area contributed by atoms with Gasteiger partial charge in [0, 0.05) is 25.1 Å². The molecular weight excluding hydrogens is 600 g/mol. The Morgan fingerprint density at radius 3 is 2.06 bits per heavy atom. The fraction of sp³-hybridized carbons (Fsp3) is 0.211. The fourth-order valence-electron chi connectivity index (χ4n) is 6.14. The standard InChI is InChI=1S/C38H36N8O2/c1-38(2,3)24-32-39-35-33(36(47)44(23-22-26-12-6-4-7-13-26)37(48)46(35)29-14-8-5-9-15-29)45(32)25-27-18-20-28(21-19-27)30-16-10-11-17-31(30)34-40-42-43-41-34/h4-21H,22-25H2,1-3H3,(H,40,41,42,43). The van der Waals surface area contributed by atoms with Crippen molar-refractivity contribution >= 4 is 11.2 Å². The molecule has 0 atom stereocenters. The highest BCUT2D eigenvalue weighted by molar-refractivity contribution is 5.80. The van der Waals surface area contributed by atoms with Gasteiger partial charge in [-0.25, -0.2) is 19.4 Å². The first-order chi connectivity index (χ1) is 23.3. The highest BCUT2D eigenvalue weighted by atomic mass is 16.2. The molecule has 0 bridgehead atoms. The molecule has 1 N–H and O–H groups in total. The van der Waals surface area contributed by atoms with Gasteiger partial charge in [0.25, 0.3) is 5.56 Å². The highest BCUT2D eigenvalue weighted by Gasteiger charge is 2.25. The summed E-state index contributed by atoms with van der Waals surface area (Å²) in [5.41, 5.74) is 5.56. The Bertz CT molecular complexity index is 2300. The first kappa shape index (κ1) is 30.7. The normalized spacial score (nSPS) is 11.7. The van der Waals surface area contributed by atoms with Gasteiger partial charge in [-0.15, -0.1) is 5.10 Å². The minimum absolute atomic E-state index is 0.119. The zero-order chi connectivity index (χ0) is 33.3. The molecule has 0 saturated heterocycles.